The summed E-state index contributed by atoms with van der Waals surface area (Å²) in [5, 5.41) is 0. The van der Waals surface area contributed by atoms with Crippen LogP contribution in [0.25, 0.3) is 0 Å². The molecule has 0 radical (unpaired) electrons. The number of hydrogen-bond acceptors (Lipinski definition) is 4. The van der Waals surface area contributed by atoms with Crippen LogP contribution in [0.2, 0.25) is 0 Å². The minimum absolute atomic E-state index is 0.128. The van der Waals surface area contributed by atoms with E-state index in [-0.39, 0.29) is 17.1 Å². The molecule has 0 aliphatic carbocycles. The highest BCUT2D eigenvalue weighted by molar-refractivity contribution is 5.91. The van der Waals surface area contributed by atoms with Gasteiger partial charge in [0.15, 0.2) is 11.2 Å². The van der Waals surface area contributed by atoms with E-state index in [4.69, 9.17) is 4.42 Å². The Labute approximate surface area is 128 Å². The van der Waals surface area contributed by atoms with E-state index in [1.54, 1.807) is 18.0 Å². The first-order chi connectivity index (χ1) is 10.6. The third kappa shape index (κ3) is 3.24. The van der Waals surface area contributed by atoms with Crippen molar-refractivity contribution < 1.29 is 9.21 Å². The van der Waals surface area contributed by atoms with E-state index in [0.717, 1.165) is 18.5 Å². The molecule has 0 N–H and O–H groups in total. The minimum Gasteiger partial charge on any atom is -0.456 e. The lowest BCUT2D eigenvalue weighted by atomic mass is 10.0. The fraction of sp³-hybridized carbons (Fsp3) is 0.353. The summed E-state index contributed by atoms with van der Waals surface area (Å²) in [5.41, 5.74) is 0.847. The van der Waals surface area contributed by atoms with Crippen LogP contribution in [-0.4, -0.2) is 28.9 Å². The Hall–Kier alpha value is -2.43. The first kappa shape index (κ1) is 14.5. The van der Waals surface area contributed by atoms with Crippen LogP contribution in [-0.2, 0) is 6.42 Å². The third-order valence-corrected chi connectivity index (χ3v) is 3.90. The van der Waals surface area contributed by atoms with Crippen LogP contribution in [0.15, 0.2) is 45.7 Å². The van der Waals surface area contributed by atoms with Gasteiger partial charge >= 0.3 is 0 Å². The average Bonchev–Trinajstić information content (AvgIpc) is 2.95. The van der Waals surface area contributed by atoms with Crippen LogP contribution in [0.5, 0.6) is 0 Å². The van der Waals surface area contributed by atoms with Crippen molar-refractivity contribution in [3.8, 4) is 0 Å². The van der Waals surface area contributed by atoms with Crippen LogP contribution in [0, 0.1) is 12.8 Å². The number of hydrogen-bond donors (Lipinski definition) is 0. The van der Waals surface area contributed by atoms with Crippen LogP contribution in [0.4, 0.5) is 0 Å². The lowest BCUT2D eigenvalue weighted by molar-refractivity contribution is 0.0751. The van der Waals surface area contributed by atoms with Crippen LogP contribution >= 0.6 is 0 Å². The number of carbonyl (C=O) groups is 1. The van der Waals surface area contributed by atoms with Gasteiger partial charge in [-0.1, -0.05) is 6.07 Å². The van der Waals surface area contributed by atoms with Gasteiger partial charge in [-0.05, 0) is 37.8 Å². The summed E-state index contributed by atoms with van der Waals surface area (Å²) in [6.45, 7) is 3.03. The lowest BCUT2D eigenvalue weighted by Gasteiger charge is -2.15. The van der Waals surface area contributed by atoms with Gasteiger partial charge in [0.05, 0.1) is 0 Å². The molecule has 5 nitrogen and oxygen atoms in total. The molecule has 5 heteroatoms. The normalized spacial score (nSPS) is 17.7. The second-order valence-corrected chi connectivity index (χ2v) is 5.70. The Kier molecular flexibility index (Phi) is 4.04. The van der Waals surface area contributed by atoms with E-state index in [0.29, 0.717) is 24.8 Å². The molecule has 2 aromatic heterocycles. The topological polar surface area (TPSA) is 63.4 Å². The Morgan fingerprint density at radius 2 is 2.27 bits per heavy atom. The summed E-state index contributed by atoms with van der Waals surface area (Å²) in [7, 11) is 0. The molecule has 0 aromatic carbocycles. The van der Waals surface area contributed by atoms with Gasteiger partial charge in [0.2, 0.25) is 0 Å². The van der Waals surface area contributed by atoms with E-state index < -0.39 is 0 Å². The number of nitrogens with zero attached hydrogens (tertiary/aromatic N) is 2. The van der Waals surface area contributed by atoms with Crippen molar-refractivity contribution in [2.24, 2.45) is 5.92 Å². The molecule has 3 rings (SSSR count). The zero-order valence-electron chi connectivity index (χ0n) is 12.5. The number of pyridine rings is 1. The van der Waals surface area contributed by atoms with Crippen molar-refractivity contribution in [3.63, 3.8) is 0 Å². The highest BCUT2D eigenvalue weighted by Gasteiger charge is 2.28. The molecule has 1 saturated heterocycles. The van der Waals surface area contributed by atoms with Crippen molar-refractivity contribution >= 4 is 5.91 Å². The Morgan fingerprint density at radius 3 is 3.00 bits per heavy atom. The molecule has 1 atom stereocenters. The molecule has 1 fully saturated rings. The van der Waals surface area contributed by atoms with Gasteiger partial charge in [0.25, 0.3) is 5.91 Å². The zero-order valence-corrected chi connectivity index (χ0v) is 12.5. The van der Waals surface area contributed by atoms with Crippen molar-refractivity contribution in [3.05, 3.63) is 64.0 Å². The maximum absolute atomic E-state index is 12.4. The predicted octanol–water partition coefficient (Wildman–Crippen LogP) is 2.05. The zero-order chi connectivity index (χ0) is 15.5. The second kappa shape index (κ2) is 6.13. The maximum Gasteiger partial charge on any atom is 0.289 e. The minimum atomic E-state index is -0.204. The van der Waals surface area contributed by atoms with Crippen molar-refractivity contribution in [2.75, 3.05) is 13.1 Å². The van der Waals surface area contributed by atoms with Crippen LogP contribution < -0.4 is 5.43 Å². The molecule has 3 heterocycles. The van der Waals surface area contributed by atoms with Gasteiger partial charge in [0, 0.05) is 37.1 Å². The molecule has 2 aromatic rings. The average molecular weight is 298 g/mol. The molecule has 1 amide bonds. The maximum atomic E-state index is 12.4. The smallest absolute Gasteiger partial charge is 0.289 e. The van der Waals surface area contributed by atoms with Crippen LogP contribution in [0.3, 0.4) is 0 Å². The fourth-order valence-corrected chi connectivity index (χ4v) is 2.86. The monoisotopic (exact) mass is 298 g/mol. The molecule has 22 heavy (non-hydrogen) atoms. The number of aromatic nitrogens is 1. The lowest BCUT2D eigenvalue weighted by Crippen LogP contribution is -2.29. The van der Waals surface area contributed by atoms with E-state index in [2.05, 4.69) is 4.98 Å². The molecular formula is C17H18N2O3. The highest BCUT2D eigenvalue weighted by atomic mass is 16.3. The Bertz CT molecular complexity index is 724. The molecular weight excluding hydrogens is 280 g/mol. The summed E-state index contributed by atoms with van der Waals surface area (Å²) >= 11 is 0. The summed E-state index contributed by atoms with van der Waals surface area (Å²) in [6, 6.07) is 8.52. The third-order valence-electron chi connectivity index (χ3n) is 3.90. The van der Waals surface area contributed by atoms with Gasteiger partial charge in [-0.2, -0.15) is 0 Å². The largest absolute Gasteiger partial charge is 0.456 e. The SMILES string of the molecule is Cc1cc(=O)cc(C(=O)N2CCC(Cc3ccccn3)C2)o1. The van der Waals surface area contributed by atoms with Gasteiger partial charge in [-0.3, -0.25) is 14.6 Å². The standard InChI is InChI=1S/C17H18N2O3/c1-12-8-15(20)10-16(22-12)17(21)19-7-5-13(11-19)9-14-4-2-3-6-18-14/h2-4,6,8,10,13H,5,7,9,11H2,1H3. The summed E-state index contributed by atoms with van der Waals surface area (Å²) in [4.78, 5) is 30.0. The quantitative estimate of drug-likeness (QED) is 0.870. The molecule has 1 aliphatic heterocycles. The predicted molar refractivity (Wildman–Crippen MR) is 81.7 cm³/mol. The van der Waals surface area contributed by atoms with E-state index in [1.165, 1.54) is 12.1 Å². The van der Waals surface area contributed by atoms with Crippen LogP contribution in [0.1, 0.15) is 28.4 Å². The highest BCUT2D eigenvalue weighted by Crippen LogP contribution is 2.21. The van der Waals surface area contributed by atoms with Gasteiger partial charge in [-0.25, -0.2) is 0 Å². The van der Waals surface area contributed by atoms with E-state index >= 15 is 0 Å². The molecule has 1 aliphatic rings. The van der Waals surface area contributed by atoms with Crippen molar-refractivity contribution in [1.29, 1.82) is 0 Å². The molecule has 0 bridgehead atoms. The molecule has 0 spiro atoms. The molecule has 114 valence electrons. The fourth-order valence-electron chi connectivity index (χ4n) is 2.86. The van der Waals surface area contributed by atoms with Gasteiger partial charge in [0.1, 0.15) is 5.76 Å². The first-order valence-corrected chi connectivity index (χ1v) is 7.43. The summed E-state index contributed by atoms with van der Waals surface area (Å²) < 4.78 is 5.38. The number of aryl methyl sites for hydroxylation is 1. The van der Waals surface area contributed by atoms with Crippen molar-refractivity contribution in [1.82, 2.24) is 9.88 Å². The Morgan fingerprint density at radius 1 is 1.41 bits per heavy atom. The van der Waals surface area contributed by atoms with Crippen molar-refractivity contribution in [2.45, 2.75) is 19.8 Å². The molecule has 1 unspecified atom stereocenters. The second-order valence-electron chi connectivity index (χ2n) is 5.70. The number of rotatable bonds is 3. The Balaban J connectivity index is 1.67. The number of amides is 1. The van der Waals surface area contributed by atoms with Gasteiger partial charge < -0.3 is 9.32 Å². The molecule has 0 saturated carbocycles. The first-order valence-electron chi connectivity index (χ1n) is 7.43. The number of carbonyl (C=O) groups excluding carboxylic acids is 1. The summed E-state index contributed by atoms with van der Waals surface area (Å²) in [5.74, 6) is 0.781. The summed E-state index contributed by atoms with van der Waals surface area (Å²) in [6.07, 6.45) is 3.59. The number of likely N-dealkylation sites (tertiary alicyclic amines) is 1. The van der Waals surface area contributed by atoms with Gasteiger partial charge in [-0.15, -0.1) is 0 Å². The van der Waals surface area contributed by atoms with E-state index in [9.17, 15) is 9.59 Å². The van der Waals surface area contributed by atoms with E-state index in [1.807, 2.05) is 18.2 Å².